The second-order valence-corrected chi connectivity index (χ2v) is 14.4. The van der Waals surface area contributed by atoms with E-state index in [4.69, 9.17) is 19.4 Å². The highest BCUT2D eigenvalue weighted by atomic mass is 16.3. The Hall–Kier alpha value is -7.63. The van der Waals surface area contributed by atoms with E-state index in [1.165, 1.54) is 26.9 Å². The molecule has 5 nitrogen and oxygen atoms in total. The number of benzene rings is 9. The van der Waals surface area contributed by atoms with Gasteiger partial charge in [-0.2, -0.15) is 0 Å². The van der Waals surface area contributed by atoms with Gasteiger partial charge < -0.3 is 8.98 Å². The molecule has 0 aliphatic heterocycles. The predicted octanol–water partition coefficient (Wildman–Crippen LogP) is 13.3. The fraction of sp³-hybridized carbons (Fsp3) is 0. The van der Waals surface area contributed by atoms with Gasteiger partial charge in [0.15, 0.2) is 23.1 Å². The highest BCUT2D eigenvalue weighted by Gasteiger charge is 2.22. The van der Waals surface area contributed by atoms with Crippen LogP contribution in [0.25, 0.3) is 116 Å². The Balaban J connectivity index is 1.18. The van der Waals surface area contributed by atoms with Crippen molar-refractivity contribution < 1.29 is 4.42 Å². The van der Waals surface area contributed by atoms with Crippen molar-refractivity contribution in [1.82, 2.24) is 19.5 Å². The summed E-state index contributed by atoms with van der Waals surface area (Å²) in [6, 6.07) is 63.9. The van der Waals surface area contributed by atoms with Gasteiger partial charge in [-0.1, -0.05) is 140 Å². The van der Waals surface area contributed by atoms with E-state index in [1.54, 1.807) is 0 Å². The van der Waals surface area contributed by atoms with Gasteiger partial charge >= 0.3 is 0 Å². The zero-order valence-corrected chi connectivity index (χ0v) is 30.0. The quantitative estimate of drug-likeness (QED) is 0.182. The average Bonchev–Trinajstić information content (AvgIpc) is 3.80. The molecule has 0 fully saturated rings. The molecule has 0 spiro atoms. The van der Waals surface area contributed by atoms with Crippen molar-refractivity contribution in [2.24, 2.45) is 0 Å². The minimum Gasteiger partial charge on any atom is -0.454 e. The molecule has 0 amide bonds. The molecular formula is C51H30N4O. The SMILES string of the molecule is c1ccc2cc(-c3nc(-c4cc(-n5c6ccccc6c6cc7ccccc7cc65)c5oc6ccccc6c5c4)nc(-c4cccc5ccccc45)n3)ccc2c1. The molecule has 0 N–H and O–H groups in total. The zero-order valence-electron chi connectivity index (χ0n) is 30.0. The van der Waals surface area contributed by atoms with Crippen molar-refractivity contribution in [2.75, 3.05) is 0 Å². The van der Waals surface area contributed by atoms with Crippen LogP contribution in [-0.4, -0.2) is 19.5 Å². The summed E-state index contributed by atoms with van der Waals surface area (Å²) in [5.41, 5.74) is 7.52. The average molecular weight is 715 g/mol. The molecular weight excluding hydrogens is 685 g/mol. The largest absolute Gasteiger partial charge is 0.454 e. The molecule has 260 valence electrons. The van der Waals surface area contributed by atoms with Gasteiger partial charge in [0, 0.05) is 38.2 Å². The van der Waals surface area contributed by atoms with Crippen LogP contribution in [0, 0.1) is 0 Å². The Labute approximate surface area is 320 Å². The Morgan fingerprint density at radius 2 is 0.982 bits per heavy atom. The Bertz CT molecular complexity index is 3550. The molecule has 3 heterocycles. The molecule has 56 heavy (non-hydrogen) atoms. The van der Waals surface area contributed by atoms with E-state index >= 15 is 0 Å². The van der Waals surface area contributed by atoms with Crippen molar-refractivity contribution in [2.45, 2.75) is 0 Å². The van der Waals surface area contributed by atoms with Crippen molar-refractivity contribution in [3.63, 3.8) is 0 Å². The lowest BCUT2D eigenvalue weighted by atomic mass is 10.0. The number of hydrogen-bond acceptors (Lipinski definition) is 4. The molecule has 12 rings (SSSR count). The summed E-state index contributed by atoms with van der Waals surface area (Å²) in [4.78, 5) is 15.8. The van der Waals surface area contributed by atoms with Crippen molar-refractivity contribution in [1.29, 1.82) is 0 Å². The van der Waals surface area contributed by atoms with Crippen LogP contribution in [0.2, 0.25) is 0 Å². The first-order valence-electron chi connectivity index (χ1n) is 18.8. The van der Waals surface area contributed by atoms with Crippen LogP contribution in [0.1, 0.15) is 0 Å². The van der Waals surface area contributed by atoms with E-state index in [0.717, 1.165) is 71.5 Å². The summed E-state index contributed by atoms with van der Waals surface area (Å²) in [5.74, 6) is 1.83. The number of furan rings is 1. The molecule has 0 bridgehead atoms. The highest BCUT2D eigenvalue weighted by Crippen LogP contribution is 2.42. The Morgan fingerprint density at radius 3 is 1.82 bits per heavy atom. The maximum absolute atomic E-state index is 6.78. The molecule has 3 aromatic heterocycles. The summed E-state index contributed by atoms with van der Waals surface area (Å²) >= 11 is 0. The normalized spacial score (nSPS) is 11.9. The molecule has 0 aliphatic carbocycles. The third-order valence-corrected chi connectivity index (χ3v) is 11.2. The summed E-state index contributed by atoms with van der Waals surface area (Å²) in [7, 11) is 0. The lowest BCUT2D eigenvalue weighted by molar-refractivity contribution is 0.666. The van der Waals surface area contributed by atoms with Gasteiger partial charge in [0.2, 0.25) is 0 Å². The summed E-state index contributed by atoms with van der Waals surface area (Å²) < 4.78 is 9.13. The molecule has 0 atom stereocenters. The fourth-order valence-corrected chi connectivity index (χ4v) is 8.52. The third-order valence-electron chi connectivity index (χ3n) is 11.2. The number of aromatic nitrogens is 4. The third kappa shape index (κ3) is 4.71. The summed E-state index contributed by atoms with van der Waals surface area (Å²) in [6.07, 6.45) is 0. The van der Waals surface area contributed by atoms with Crippen LogP contribution in [0.3, 0.4) is 0 Å². The first-order valence-corrected chi connectivity index (χ1v) is 18.8. The maximum atomic E-state index is 6.78. The number of rotatable bonds is 4. The summed E-state index contributed by atoms with van der Waals surface area (Å²) in [6.45, 7) is 0. The van der Waals surface area contributed by atoms with Gasteiger partial charge in [-0.3, -0.25) is 0 Å². The Morgan fingerprint density at radius 1 is 0.357 bits per heavy atom. The van der Waals surface area contributed by atoms with Crippen molar-refractivity contribution >= 4 is 76.1 Å². The predicted molar refractivity (Wildman–Crippen MR) is 230 cm³/mol. The van der Waals surface area contributed by atoms with Gasteiger partial charge in [-0.15, -0.1) is 0 Å². The van der Waals surface area contributed by atoms with E-state index in [2.05, 4.69) is 174 Å². The van der Waals surface area contributed by atoms with Crippen LogP contribution in [-0.2, 0) is 0 Å². The number of para-hydroxylation sites is 2. The van der Waals surface area contributed by atoms with Gasteiger partial charge in [0.1, 0.15) is 5.58 Å². The Kier molecular flexibility index (Phi) is 6.56. The van der Waals surface area contributed by atoms with E-state index in [-0.39, 0.29) is 0 Å². The zero-order chi connectivity index (χ0) is 36.7. The van der Waals surface area contributed by atoms with Crippen LogP contribution < -0.4 is 0 Å². The van der Waals surface area contributed by atoms with Crippen LogP contribution >= 0.6 is 0 Å². The first kappa shape index (κ1) is 30.8. The standard InChI is InChI=1S/C51H30N4O/c1-2-14-33-26-36(25-24-31(33)12-1)49-52-50(54-51(53-49)41-21-11-17-32-13-5-6-18-38(32)41)37-28-43-40-20-8-10-23-47(40)56-48(43)46(30-37)55-44-22-9-7-19-39(44)42-27-34-15-3-4-16-35(34)29-45(42)55/h1-30H. The molecule has 0 saturated carbocycles. The molecule has 0 aliphatic rings. The molecule has 9 aromatic carbocycles. The van der Waals surface area contributed by atoms with E-state index in [0.29, 0.717) is 17.5 Å². The number of hydrogen-bond donors (Lipinski definition) is 0. The minimum atomic E-state index is 0.589. The summed E-state index contributed by atoms with van der Waals surface area (Å²) in [5, 5.41) is 11.3. The van der Waals surface area contributed by atoms with Gasteiger partial charge in [0.05, 0.1) is 16.7 Å². The number of nitrogens with zero attached hydrogens (tertiary/aromatic N) is 4. The second-order valence-electron chi connectivity index (χ2n) is 14.4. The number of fused-ring (bicyclic) bond motifs is 9. The van der Waals surface area contributed by atoms with Crippen molar-refractivity contribution in [3.05, 3.63) is 182 Å². The molecule has 0 radical (unpaired) electrons. The van der Waals surface area contributed by atoms with Crippen LogP contribution in [0.15, 0.2) is 186 Å². The van der Waals surface area contributed by atoms with Gasteiger partial charge in [-0.05, 0) is 74.8 Å². The monoisotopic (exact) mass is 714 g/mol. The first-order chi connectivity index (χ1) is 27.7. The second kappa shape index (κ2) is 11.9. The van der Waals surface area contributed by atoms with Crippen molar-refractivity contribution in [3.8, 4) is 39.9 Å². The van der Waals surface area contributed by atoms with E-state index in [9.17, 15) is 0 Å². The van der Waals surface area contributed by atoms with Gasteiger partial charge in [0.25, 0.3) is 0 Å². The maximum Gasteiger partial charge on any atom is 0.164 e. The fourth-order valence-electron chi connectivity index (χ4n) is 8.52. The molecule has 12 aromatic rings. The lowest BCUT2D eigenvalue weighted by Crippen LogP contribution is -2.02. The molecule has 0 saturated heterocycles. The smallest absolute Gasteiger partial charge is 0.164 e. The van der Waals surface area contributed by atoms with E-state index < -0.39 is 0 Å². The van der Waals surface area contributed by atoms with E-state index in [1.807, 2.05) is 12.1 Å². The van der Waals surface area contributed by atoms with Gasteiger partial charge in [-0.25, -0.2) is 15.0 Å². The lowest BCUT2D eigenvalue weighted by Gasteiger charge is -2.13. The topological polar surface area (TPSA) is 56.7 Å². The minimum absolute atomic E-state index is 0.589. The van der Waals surface area contributed by atoms with Crippen LogP contribution in [0.5, 0.6) is 0 Å². The molecule has 0 unspecified atom stereocenters. The molecule has 5 heteroatoms. The highest BCUT2D eigenvalue weighted by molar-refractivity contribution is 6.16. The van der Waals surface area contributed by atoms with Crippen LogP contribution in [0.4, 0.5) is 0 Å².